The van der Waals surface area contributed by atoms with Crippen molar-refractivity contribution >= 4 is 5.97 Å². The van der Waals surface area contributed by atoms with Gasteiger partial charge in [-0.2, -0.15) is 0 Å². The number of nitrogens with one attached hydrogen (secondary N) is 1. The first kappa shape index (κ1) is 24.3. The molecule has 0 radical (unpaired) electrons. The van der Waals surface area contributed by atoms with Crippen molar-refractivity contribution in [1.29, 1.82) is 0 Å². The lowest BCUT2D eigenvalue weighted by atomic mass is 10.1. The summed E-state index contributed by atoms with van der Waals surface area (Å²) in [6, 6.07) is 0. The van der Waals surface area contributed by atoms with Gasteiger partial charge in [0.15, 0.2) is 0 Å². The van der Waals surface area contributed by atoms with Crippen LogP contribution in [-0.2, 0) is 14.3 Å². The quantitative estimate of drug-likeness (QED) is 0.372. The summed E-state index contributed by atoms with van der Waals surface area (Å²) in [5.41, 5.74) is -0.657. The van der Waals surface area contributed by atoms with Gasteiger partial charge in [-0.15, -0.1) is 0 Å². The number of aromatic nitrogens is 2. The minimum atomic E-state index is -0.698. The maximum Gasteiger partial charge on any atom is 0.330 e. The highest BCUT2D eigenvalue weighted by molar-refractivity contribution is 5.69. The van der Waals surface area contributed by atoms with Crippen molar-refractivity contribution in [2.45, 2.75) is 103 Å². The van der Waals surface area contributed by atoms with Crippen LogP contribution in [0.3, 0.4) is 0 Å². The molecule has 8 heteroatoms. The molecule has 2 rings (SSSR count). The molecule has 1 aliphatic rings. The number of ether oxygens (including phenoxy) is 2. The molecule has 1 aliphatic heterocycles. The first-order valence-electron chi connectivity index (χ1n) is 11.2. The van der Waals surface area contributed by atoms with Crippen LogP contribution in [-0.4, -0.2) is 39.4 Å². The second kappa shape index (κ2) is 12.7. The lowest BCUT2D eigenvalue weighted by molar-refractivity contribution is -0.153. The van der Waals surface area contributed by atoms with Crippen LogP contribution in [0.25, 0.3) is 0 Å². The SMILES string of the molecule is CCCCCCCCCCCC(=O)O[C@H]1C[C@H](n2cc(C)c(=O)[nH]c2=O)O[C@@H]1CO. The number of hydrogen-bond acceptors (Lipinski definition) is 6. The Hall–Kier alpha value is -1.93. The molecule has 30 heavy (non-hydrogen) atoms. The average molecular weight is 425 g/mol. The third kappa shape index (κ3) is 7.40. The van der Waals surface area contributed by atoms with Gasteiger partial charge in [0.1, 0.15) is 18.4 Å². The normalized spacial score (nSPS) is 21.1. The number of aryl methyl sites for hydroxylation is 1. The van der Waals surface area contributed by atoms with Gasteiger partial charge in [0, 0.05) is 24.6 Å². The number of esters is 1. The topological polar surface area (TPSA) is 111 Å². The Morgan fingerprint density at radius 1 is 1.17 bits per heavy atom. The highest BCUT2D eigenvalue weighted by Gasteiger charge is 2.38. The summed E-state index contributed by atoms with van der Waals surface area (Å²) in [5, 5.41) is 9.57. The number of aliphatic hydroxyl groups excluding tert-OH is 1. The molecule has 1 aromatic heterocycles. The smallest absolute Gasteiger partial charge is 0.330 e. The second-order valence-electron chi connectivity index (χ2n) is 8.13. The Balaban J connectivity index is 1.74. The Morgan fingerprint density at radius 3 is 2.43 bits per heavy atom. The largest absolute Gasteiger partial charge is 0.459 e. The molecule has 1 fully saturated rings. The molecule has 8 nitrogen and oxygen atoms in total. The molecule has 0 spiro atoms. The molecule has 1 aromatic rings. The van der Waals surface area contributed by atoms with Gasteiger partial charge >= 0.3 is 11.7 Å². The second-order valence-corrected chi connectivity index (χ2v) is 8.13. The Labute approximate surface area is 177 Å². The van der Waals surface area contributed by atoms with E-state index in [1.54, 1.807) is 6.92 Å². The van der Waals surface area contributed by atoms with E-state index < -0.39 is 29.7 Å². The maximum absolute atomic E-state index is 12.2. The van der Waals surface area contributed by atoms with E-state index in [0.717, 1.165) is 19.3 Å². The van der Waals surface area contributed by atoms with E-state index in [9.17, 15) is 19.5 Å². The first-order valence-corrected chi connectivity index (χ1v) is 11.2. The van der Waals surface area contributed by atoms with Gasteiger partial charge in [0.2, 0.25) is 0 Å². The standard InChI is InChI=1S/C22H36N2O6/c1-3-4-5-6-7-8-9-10-11-12-20(26)30-17-13-19(29-18(17)15-25)24-14-16(2)21(27)23-22(24)28/h14,17-19,25H,3-13,15H2,1-2H3,(H,23,27,28)/t17-,18+,19+/m0/s1. The van der Waals surface area contributed by atoms with Crippen LogP contribution in [0.15, 0.2) is 15.8 Å². The van der Waals surface area contributed by atoms with Gasteiger partial charge < -0.3 is 14.6 Å². The van der Waals surface area contributed by atoms with E-state index in [2.05, 4.69) is 11.9 Å². The third-order valence-electron chi connectivity index (χ3n) is 5.58. The van der Waals surface area contributed by atoms with Crippen LogP contribution >= 0.6 is 0 Å². The third-order valence-corrected chi connectivity index (χ3v) is 5.58. The molecule has 2 N–H and O–H groups in total. The Morgan fingerprint density at radius 2 is 1.80 bits per heavy atom. The zero-order chi connectivity index (χ0) is 21.9. The van der Waals surface area contributed by atoms with Crippen molar-refractivity contribution < 1.29 is 19.4 Å². The summed E-state index contributed by atoms with van der Waals surface area (Å²) in [6.07, 6.45) is 10.5. The zero-order valence-corrected chi connectivity index (χ0v) is 18.2. The van der Waals surface area contributed by atoms with E-state index in [-0.39, 0.29) is 19.0 Å². The van der Waals surface area contributed by atoms with Crippen molar-refractivity contribution in [1.82, 2.24) is 9.55 Å². The van der Waals surface area contributed by atoms with Crippen molar-refractivity contribution in [2.75, 3.05) is 6.61 Å². The molecule has 0 aromatic carbocycles. The van der Waals surface area contributed by atoms with Gasteiger partial charge in [-0.25, -0.2) is 4.79 Å². The zero-order valence-electron chi connectivity index (χ0n) is 18.2. The number of unbranched alkanes of at least 4 members (excludes halogenated alkanes) is 8. The summed E-state index contributed by atoms with van der Waals surface area (Å²) in [5.74, 6) is -0.310. The van der Waals surface area contributed by atoms with Crippen LogP contribution in [0.5, 0.6) is 0 Å². The van der Waals surface area contributed by atoms with Crippen LogP contribution < -0.4 is 11.2 Å². The molecular formula is C22H36N2O6. The number of carbonyl (C=O) groups excluding carboxylic acids is 1. The van der Waals surface area contributed by atoms with Crippen LogP contribution in [0.4, 0.5) is 0 Å². The number of hydrogen-bond donors (Lipinski definition) is 2. The van der Waals surface area contributed by atoms with Gasteiger partial charge in [0.25, 0.3) is 5.56 Å². The van der Waals surface area contributed by atoms with Crippen molar-refractivity contribution in [3.63, 3.8) is 0 Å². The minimum Gasteiger partial charge on any atom is -0.459 e. The summed E-state index contributed by atoms with van der Waals surface area (Å²) in [6.45, 7) is 3.49. The average Bonchev–Trinajstić information content (AvgIpc) is 3.11. The molecular weight excluding hydrogens is 388 g/mol. The summed E-state index contributed by atoms with van der Waals surface area (Å²) in [4.78, 5) is 38.0. The summed E-state index contributed by atoms with van der Waals surface area (Å²) >= 11 is 0. The predicted molar refractivity (Wildman–Crippen MR) is 113 cm³/mol. The minimum absolute atomic E-state index is 0.250. The van der Waals surface area contributed by atoms with E-state index in [1.807, 2.05) is 0 Å². The molecule has 0 bridgehead atoms. The van der Waals surface area contributed by atoms with Gasteiger partial charge in [-0.3, -0.25) is 19.1 Å². The van der Waals surface area contributed by atoms with E-state index in [1.165, 1.54) is 49.3 Å². The Kier molecular flexibility index (Phi) is 10.3. The maximum atomic E-state index is 12.2. The molecule has 0 aliphatic carbocycles. The lowest BCUT2D eigenvalue weighted by Gasteiger charge is -2.16. The molecule has 0 saturated carbocycles. The highest BCUT2D eigenvalue weighted by Crippen LogP contribution is 2.30. The fraction of sp³-hybridized carbons (Fsp3) is 0.773. The molecule has 3 atom stereocenters. The molecule has 2 heterocycles. The number of aromatic amines is 1. The van der Waals surface area contributed by atoms with Crippen LogP contribution in [0.2, 0.25) is 0 Å². The Bertz CT molecular complexity index is 772. The fourth-order valence-corrected chi connectivity index (χ4v) is 3.77. The number of nitrogens with zero attached hydrogens (tertiary/aromatic N) is 1. The summed E-state index contributed by atoms with van der Waals surface area (Å²) in [7, 11) is 0. The van der Waals surface area contributed by atoms with Crippen molar-refractivity contribution in [3.05, 3.63) is 32.6 Å². The van der Waals surface area contributed by atoms with Crippen molar-refractivity contribution in [2.24, 2.45) is 0 Å². The summed E-state index contributed by atoms with van der Waals surface area (Å²) < 4.78 is 12.5. The number of aliphatic hydroxyl groups is 1. The van der Waals surface area contributed by atoms with E-state index in [0.29, 0.717) is 12.0 Å². The van der Waals surface area contributed by atoms with Gasteiger partial charge in [0.05, 0.1) is 6.61 Å². The molecule has 1 saturated heterocycles. The number of H-pyrrole nitrogens is 1. The van der Waals surface area contributed by atoms with Crippen LogP contribution in [0, 0.1) is 6.92 Å². The molecule has 0 unspecified atom stereocenters. The first-order chi connectivity index (χ1) is 14.5. The molecule has 170 valence electrons. The van der Waals surface area contributed by atoms with Crippen LogP contribution in [0.1, 0.15) is 89.3 Å². The van der Waals surface area contributed by atoms with Gasteiger partial charge in [-0.05, 0) is 13.3 Å². The predicted octanol–water partition coefficient (Wildman–Crippen LogP) is 2.96. The number of carbonyl (C=O) groups is 1. The van der Waals surface area contributed by atoms with Crippen molar-refractivity contribution in [3.8, 4) is 0 Å². The number of rotatable bonds is 13. The van der Waals surface area contributed by atoms with Gasteiger partial charge in [-0.1, -0.05) is 58.3 Å². The fourth-order valence-electron chi connectivity index (χ4n) is 3.77. The van der Waals surface area contributed by atoms with E-state index >= 15 is 0 Å². The van der Waals surface area contributed by atoms with E-state index in [4.69, 9.17) is 9.47 Å². The lowest BCUT2D eigenvalue weighted by Crippen LogP contribution is -2.33. The monoisotopic (exact) mass is 424 g/mol. The molecule has 0 amide bonds. The highest BCUT2D eigenvalue weighted by atomic mass is 16.6.